The van der Waals surface area contributed by atoms with Crippen molar-refractivity contribution in [3.63, 3.8) is 0 Å². The van der Waals surface area contributed by atoms with Gasteiger partial charge in [-0.25, -0.2) is 9.18 Å². The number of carbonyl (C=O) groups is 3. The predicted molar refractivity (Wildman–Crippen MR) is 118 cm³/mol. The first-order chi connectivity index (χ1) is 15.4. The average molecular weight is 442 g/mol. The molecule has 1 heterocycles. The molecule has 9 heteroatoms. The lowest BCUT2D eigenvalue weighted by Gasteiger charge is -2.36. The number of methoxy groups -OCH3 is 1. The number of halogens is 1. The lowest BCUT2D eigenvalue weighted by atomic mass is 10.0. The number of piperazine rings is 1. The molecule has 32 heavy (non-hydrogen) atoms. The smallest absolute Gasteiger partial charge is 0.321 e. The van der Waals surface area contributed by atoms with Crippen molar-refractivity contribution in [1.29, 1.82) is 0 Å². The summed E-state index contributed by atoms with van der Waals surface area (Å²) in [4.78, 5) is 40.5. The normalized spacial score (nSPS) is 14.5. The molecule has 0 aliphatic carbocycles. The highest BCUT2D eigenvalue weighted by molar-refractivity contribution is 5.90. The van der Waals surface area contributed by atoms with Crippen LogP contribution in [0.2, 0.25) is 0 Å². The lowest BCUT2D eigenvalue weighted by Crippen LogP contribution is -2.56. The van der Waals surface area contributed by atoms with Crippen LogP contribution in [0.4, 0.5) is 14.9 Å². The largest absolute Gasteiger partial charge is 0.497 e. The third kappa shape index (κ3) is 6.19. The summed E-state index contributed by atoms with van der Waals surface area (Å²) in [5.41, 5.74) is 1.40. The van der Waals surface area contributed by atoms with E-state index in [0.717, 1.165) is 5.56 Å². The zero-order valence-electron chi connectivity index (χ0n) is 18.1. The topological polar surface area (TPSA) is 91.0 Å². The molecule has 0 unspecified atom stereocenters. The maximum atomic E-state index is 13.2. The molecule has 1 aliphatic heterocycles. The van der Waals surface area contributed by atoms with Crippen molar-refractivity contribution in [2.75, 3.05) is 38.6 Å². The molecule has 8 nitrogen and oxygen atoms in total. The van der Waals surface area contributed by atoms with Crippen molar-refractivity contribution < 1.29 is 23.5 Å². The van der Waals surface area contributed by atoms with Gasteiger partial charge in [-0.05, 0) is 42.0 Å². The molecule has 1 saturated heterocycles. The molecular weight excluding hydrogens is 415 g/mol. The summed E-state index contributed by atoms with van der Waals surface area (Å²) in [5, 5.41) is 5.52. The van der Waals surface area contributed by atoms with Crippen LogP contribution in [0.1, 0.15) is 12.5 Å². The van der Waals surface area contributed by atoms with Crippen molar-refractivity contribution >= 4 is 23.5 Å². The van der Waals surface area contributed by atoms with Gasteiger partial charge in [-0.2, -0.15) is 0 Å². The van der Waals surface area contributed by atoms with Gasteiger partial charge in [-0.1, -0.05) is 12.1 Å². The van der Waals surface area contributed by atoms with Crippen LogP contribution in [0.15, 0.2) is 48.5 Å². The molecule has 2 aromatic rings. The van der Waals surface area contributed by atoms with Crippen molar-refractivity contribution in [3.05, 3.63) is 59.9 Å². The summed E-state index contributed by atoms with van der Waals surface area (Å²) < 4.78 is 18.3. The molecular formula is C23H27FN4O4. The van der Waals surface area contributed by atoms with Gasteiger partial charge in [0.2, 0.25) is 11.8 Å². The highest BCUT2D eigenvalue weighted by Gasteiger charge is 2.29. The van der Waals surface area contributed by atoms with E-state index in [1.165, 1.54) is 19.1 Å². The van der Waals surface area contributed by atoms with E-state index in [9.17, 15) is 18.8 Å². The lowest BCUT2D eigenvalue weighted by molar-refractivity contribution is -0.137. The second-order valence-corrected chi connectivity index (χ2v) is 7.55. The molecule has 2 aromatic carbocycles. The Labute approximate surface area is 186 Å². The molecule has 0 aromatic heterocycles. The number of amides is 4. The molecule has 0 bridgehead atoms. The Morgan fingerprint density at radius 2 is 1.56 bits per heavy atom. The van der Waals surface area contributed by atoms with Crippen LogP contribution in [0.3, 0.4) is 0 Å². The number of nitrogens with zero attached hydrogens (tertiary/aromatic N) is 2. The second kappa shape index (κ2) is 10.6. The van der Waals surface area contributed by atoms with E-state index in [1.54, 1.807) is 53.3 Å². The fourth-order valence-electron chi connectivity index (χ4n) is 3.53. The molecule has 1 fully saturated rings. The van der Waals surface area contributed by atoms with Crippen molar-refractivity contribution in [3.8, 4) is 5.75 Å². The maximum Gasteiger partial charge on any atom is 0.321 e. The highest BCUT2D eigenvalue weighted by atomic mass is 19.1. The number of hydrogen-bond acceptors (Lipinski definition) is 4. The number of benzene rings is 2. The Bertz CT molecular complexity index is 941. The molecule has 170 valence electrons. The Morgan fingerprint density at radius 1 is 0.969 bits per heavy atom. The minimum Gasteiger partial charge on any atom is -0.497 e. The zero-order valence-corrected chi connectivity index (χ0v) is 18.1. The number of hydrogen-bond donors (Lipinski definition) is 2. The van der Waals surface area contributed by atoms with E-state index >= 15 is 0 Å². The third-order valence-electron chi connectivity index (χ3n) is 5.25. The average Bonchev–Trinajstić information content (AvgIpc) is 2.80. The predicted octanol–water partition coefficient (Wildman–Crippen LogP) is 2.26. The Morgan fingerprint density at radius 3 is 2.12 bits per heavy atom. The monoisotopic (exact) mass is 442 g/mol. The van der Waals surface area contributed by atoms with E-state index in [-0.39, 0.29) is 30.1 Å². The first kappa shape index (κ1) is 23.1. The van der Waals surface area contributed by atoms with Crippen molar-refractivity contribution in [2.24, 2.45) is 0 Å². The fourth-order valence-corrected chi connectivity index (χ4v) is 3.53. The van der Waals surface area contributed by atoms with E-state index in [4.69, 9.17) is 4.74 Å². The molecule has 0 spiro atoms. The van der Waals surface area contributed by atoms with Crippen LogP contribution in [0, 0.1) is 5.82 Å². The van der Waals surface area contributed by atoms with Crippen LogP contribution >= 0.6 is 0 Å². The summed E-state index contributed by atoms with van der Waals surface area (Å²) >= 11 is 0. The summed E-state index contributed by atoms with van der Waals surface area (Å²) in [6.07, 6.45) is 0.261. The van der Waals surface area contributed by atoms with Crippen LogP contribution < -0.4 is 15.4 Å². The van der Waals surface area contributed by atoms with Gasteiger partial charge in [-0.15, -0.1) is 0 Å². The van der Waals surface area contributed by atoms with E-state index in [0.29, 0.717) is 37.6 Å². The number of carbonyl (C=O) groups excluding carboxylic acids is 3. The van der Waals surface area contributed by atoms with Gasteiger partial charge in [0.15, 0.2) is 0 Å². The molecule has 4 amide bonds. The number of urea groups is 1. The van der Waals surface area contributed by atoms with Gasteiger partial charge in [0, 0.05) is 45.2 Å². The summed E-state index contributed by atoms with van der Waals surface area (Å²) in [6.45, 7) is 2.81. The molecule has 1 atom stereocenters. The summed E-state index contributed by atoms with van der Waals surface area (Å²) in [6, 6.07) is 11.9. The number of nitrogens with one attached hydrogen (secondary N) is 2. The Hall–Kier alpha value is -3.62. The standard InChI is InChI=1S/C23H27FN4O4/c1-16(29)25-21(15-17-3-5-18(24)6-4-17)22(30)27-11-13-28(14-12-27)23(31)26-19-7-9-20(32-2)10-8-19/h3-10,21H,11-15H2,1-2H3,(H,25,29)(H,26,31)/t21-/m0/s1. The third-order valence-corrected chi connectivity index (χ3v) is 5.25. The molecule has 2 N–H and O–H groups in total. The molecule has 0 saturated carbocycles. The number of ether oxygens (including phenoxy) is 1. The van der Waals surface area contributed by atoms with Crippen LogP contribution in [-0.4, -0.2) is 67.0 Å². The quantitative estimate of drug-likeness (QED) is 0.718. The first-order valence-electron chi connectivity index (χ1n) is 10.4. The van der Waals surface area contributed by atoms with Gasteiger partial charge >= 0.3 is 6.03 Å². The van der Waals surface area contributed by atoms with Crippen LogP contribution in [0.25, 0.3) is 0 Å². The van der Waals surface area contributed by atoms with Gasteiger partial charge in [0.05, 0.1) is 7.11 Å². The fraction of sp³-hybridized carbons (Fsp3) is 0.348. The Kier molecular flexibility index (Phi) is 7.64. The minimum absolute atomic E-state index is 0.222. The van der Waals surface area contributed by atoms with Crippen molar-refractivity contribution in [2.45, 2.75) is 19.4 Å². The number of anilines is 1. The molecule has 0 radical (unpaired) electrons. The summed E-state index contributed by atoms with van der Waals surface area (Å²) in [5.74, 6) is -0.201. The molecule has 3 rings (SSSR count). The minimum atomic E-state index is -0.752. The van der Waals surface area contributed by atoms with Gasteiger partial charge < -0.3 is 25.2 Å². The van der Waals surface area contributed by atoms with E-state index in [1.807, 2.05) is 0 Å². The first-order valence-corrected chi connectivity index (χ1v) is 10.4. The maximum absolute atomic E-state index is 13.2. The Balaban J connectivity index is 1.56. The zero-order chi connectivity index (χ0) is 23.1. The molecule has 1 aliphatic rings. The van der Waals surface area contributed by atoms with Gasteiger partial charge in [-0.3, -0.25) is 9.59 Å². The second-order valence-electron chi connectivity index (χ2n) is 7.55. The van der Waals surface area contributed by atoms with Crippen LogP contribution in [-0.2, 0) is 16.0 Å². The number of rotatable bonds is 6. The van der Waals surface area contributed by atoms with E-state index in [2.05, 4.69) is 10.6 Å². The van der Waals surface area contributed by atoms with Crippen molar-refractivity contribution in [1.82, 2.24) is 15.1 Å². The van der Waals surface area contributed by atoms with E-state index < -0.39 is 6.04 Å². The SMILES string of the molecule is COc1ccc(NC(=O)N2CCN(C(=O)[C@H](Cc3ccc(F)cc3)NC(C)=O)CC2)cc1. The highest BCUT2D eigenvalue weighted by Crippen LogP contribution is 2.16. The van der Waals surface area contributed by atoms with Gasteiger partial charge in [0.1, 0.15) is 17.6 Å². The summed E-state index contributed by atoms with van der Waals surface area (Å²) in [7, 11) is 1.57. The van der Waals surface area contributed by atoms with Gasteiger partial charge in [0.25, 0.3) is 0 Å². The van der Waals surface area contributed by atoms with Crippen LogP contribution in [0.5, 0.6) is 5.75 Å².